The number of benzene rings is 1. The van der Waals surface area contributed by atoms with Crippen molar-refractivity contribution in [1.29, 1.82) is 0 Å². The van der Waals surface area contributed by atoms with Crippen molar-refractivity contribution >= 4 is 23.5 Å². The molecule has 0 amide bonds. The lowest BCUT2D eigenvalue weighted by Crippen LogP contribution is -2.23. The van der Waals surface area contributed by atoms with Crippen molar-refractivity contribution in [1.82, 2.24) is 4.72 Å². The van der Waals surface area contributed by atoms with Crippen LogP contribution in [0.4, 0.5) is 5.69 Å². The maximum Gasteiger partial charge on any atom is 0.115 e. The smallest absolute Gasteiger partial charge is 0.115 e. The van der Waals surface area contributed by atoms with Crippen LogP contribution in [0.15, 0.2) is 28.1 Å². The molecule has 86 valence electrons. The summed E-state index contributed by atoms with van der Waals surface area (Å²) in [5, 5.41) is 0. The van der Waals surface area contributed by atoms with Gasteiger partial charge in [0.05, 0.1) is 10.6 Å². The summed E-state index contributed by atoms with van der Waals surface area (Å²) in [5.41, 5.74) is 2.46. The zero-order chi connectivity index (χ0) is 11.7. The molecule has 1 aliphatic rings. The van der Waals surface area contributed by atoms with Crippen LogP contribution in [-0.4, -0.2) is 5.84 Å². The average Bonchev–Trinajstić information content (AvgIpc) is 2.27. The van der Waals surface area contributed by atoms with E-state index in [1.54, 1.807) is 11.9 Å². The number of nitrogens with zero attached hydrogens (tertiary/aromatic N) is 1. The Hall–Kier alpha value is -0.960. The number of amidine groups is 1. The molecule has 1 aromatic carbocycles. The molecule has 1 heterocycles. The number of aliphatic imine (C=N–C) groups is 1. The lowest BCUT2D eigenvalue weighted by molar-refractivity contribution is 0.853. The Morgan fingerprint density at radius 3 is 2.50 bits per heavy atom. The normalized spacial score (nSPS) is 14.8. The molecule has 3 heteroatoms. The summed E-state index contributed by atoms with van der Waals surface area (Å²) in [5.74, 6) is 2.07. The number of nitrogens with one attached hydrogen (secondary N) is 1. The zero-order valence-electron chi connectivity index (χ0n) is 10.2. The van der Waals surface area contributed by atoms with Gasteiger partial charge in [0, 0.05) is 5.92 Å². The second-order valence-corrected chi connectivity index (χ2v) is 5.59. The molecule has 1 aromatic rings. The van der Waals surface area contributed by atoms with Gasteiger partial charge in [-0.05, 0) is 35.6 Å². The van der Waals surface area contributed by atoms with E-state index in [0.29, 0.717) is 11.8 Å². The van der Waals surface area contributed by atoms with Gasteiger partial charge in [-0.15, -0.1) is 0 Å². The van der Waals surface area contributed by atoms with Crippen LogP contribution in [-0.2, 0) is 0 Å². The summed E-state index contributed by atoms with van der Waals surface area (Å²) >= 11 is 1.66. The monoisotopic (exact) mass is 234 g/mol. The molecule has 0 bridgehead atoms. The summed E-state index contributed by atoms with van der Waals surface area (Å²) in [4.78, 5) is 5.89. The largest absolute Gasteiger partial charge is 0.313 e. The van der Waals surface area contributed by atoms with Crippen LogP contribution in [0.25, 0.3) is 0 Å². The fourth-order valence-electron chi connectivity index (χ4n) is 1.57. The van der Waals surface area contributed by atoms with E-state index < -0.39 is 0 Å². The number of hydrogen-bond acceptors (Lipinski definition) is 3. The molecule has 0 aromatic heterocycles. The van der Waals surface area contributed by atoms with Crippen LogP contribution in [0.1, 0.15) is 39.2 Å². The first kappa shape index (κ1) is 11.5. The predicted molar refractivity (Wildman–Crippen MR) is 71.5 cm³/mol. The van der Waals surface area contributed by atoms with E-state index in [4.69, 9.17) is 0 Å². The van der Waals surface area contributed by atoms with Gasteiger partial charge in [-0.3, -0.25) is 0 Å². The van der Waals surface area contributed by atoms with Crippen molar-refractivity contribution in [3.63, 3.8) is 0 Å². The second kappa shape index (κ2) is 4.50. The molecule has 0 fully saturated rings. The van der Waals surface area contributed by atoms with Crippen molar-refractivity contribution in [3.05, 3.63) is 23.8 Å². The first-order valence-corrected chi connectivity index (χ1v) is 6.55. The highest BCUT2D eigenvalue weighted by molar-refractivity contribution is 7.98. The predicted octanol–water partition coefficient (Wildman–Crippen LogP) is 4.11. The SMILES string of the molecule is CC(C)C1=Nc2cc(C(C)C)ccc2SN1. The standard InChI is InChI=1S/C13H18N2S/c1-8(2)10-5-6-12-11(7-10)14-13(9(3)4)15-16-12/h5-9H,1-4H3,(H,14,15). The fourth-order valence-corrected chi connectivity index (χ4v) is 2.42. The first-order chi connectivity index (χ1) is 7.58. The molecule has 0 atom stereocenters. The highest BCUT2D eigenvalue weighted by atomic mass is 32.2. The van der Waals surface area contributed by atoms with E-state index in [1.807, 2.05) is 0 Å². The summed E-state index contributed by atoms with van der Waals surface area (Å²) in [7, 11) is 0. The summed E-state index contributed by atoms with van der Waals surface area (Å²) in [6, 6.07) is 6.55. The molecule has 0 unspecified atom stereocenters. The molecule has 2 rings (SSSR count). The summed E-state index contributed by atoms with van der Waals surface area (Å²) < 4.78 is 3.29. The number of hydrogen-bond donors (Lipinski definition) is 1. The Labute approximate surface area is 102 Å². The lowest BCUT2D eigenvalue weighted by Gasteiger charge is -2.20. The van der Waals surface area contributed by atoms with E-state index in [9.17, 15) is 0 Å². The molecule has 0 saturated carbocycles. The van der Waals surface area contributed by atoms with E-state index in [-0.39, 0.29) is 0 Å². The summed E-state index contributed by atoms with van der Waals surface area (Å²) in [6.45, 7) is 8.74. The third-order valence-corrected chi connectivity index (χ3v) is 3.58. The van der Waals surface area contributed by atoms with Crippen LogP contribution in [0.5, 0.6) is 0 Å². The van der Waals surface area contributed by atoms with Crippen molar-refractivity contribution in [2.75, 3.05) is 0 Å². The Morgan fingerprint density at radius 1 is 1.12 bits per heavy atom. The molecular formula is C13H18N2S. The first-order valence-electron chi connectivity index (χ1n) is 5.73. The van der Waals surface area contributed by atoms with Gasteiger partial charge < -0.3 is 4.72 Å². The van der Waals surface area contributed by atoms with Crippen molar-refractivity contribution in [3.8, 4) is 0 Å². The van der Waals surface area contributed by atoms with Crippen LogP contribution in [0.3, 0.4) is 0 Å². The van der Waals surface area contributed by atoms with Crippen molar-refractivity contribution < 1.29 is 0 Å². The molecular weight excluding hydrogens is 216 g/mol. The Balaban J connectivity index is 2.39. The highest BCUT2D eigenvalue weighted by Crippen LogP contribution is 2.34. The van der Waals surface area contributed by atoms with Gasteiger partial charge in [0.1, 0.15) is 5.84 Å². The van der Waals surface area contributed by atoms with Crippen LogP contribution < -0.4 is 4.72 Å². The zero-order valence-corrected chi connectivity index (χ0v) is 11.1. The number of rotatable bonds is 2. The maximum atomic E-state index is 4.67. The molecule has 0 radical (unpaired) electrons. The number of fused-ring (bicyclic) bond motifs is 1. The minimum atomic E-state index is 0.448. The molecule has 0 aliphatic carbocycles. The summed E-state index contributed by atoms with van der Waals surface area (Å²) in [6.07, 6.45) is 0. The van der Waals surface area contributed by atoms with Gasteiger partial charge >= 0.3 is 0 Å². The Bertz CT molecular complexity index is 422. The quantitative estimate of drug-likeness (QED) is 0.779. The Kier molecular flexibility index (Phi) is 3.24. The molecule has 0 saturated heterocycles. The lowest BCUT2D eigenvalue weighted by atomic mass is 10.0. The van der Waals surface area contributed by atoms with E-state index >= 15 is 0 Å². The van der Waals surface area contributed by atoms with Crippen LogP contribution in [0, 0.1) is 5.92 Å². The minimum Gasteiger partial charge on any atom is -0.313 e. The van der Waals surface area contributed by atoms with E-state index in [0.717, 1.165) is 11.5 Å². The molecule has 2 nitrogen and oxygen atoms in total. The Morgan fingerprint density at radius 2 is 1.88 bits per heavy atom. The van der Waals surface area contributed by atoms with Gasteiger partial charge in [-0.1, -0.05) is 33.8 Å². The molecule has 1 aliphatic heterocycles. The highest BCUT2D eigenvalue weighted by Gasteiger charge is 2.15. The molecule has 16 heavy (non-hydrogen) atoms. The van der Waals surface area contributed by atoms with Crippen molar-refractivity contribution in [2.45, 2.75) is 38.5 Å². The van der Waals surface area contributed by atoms with E-state index in [1.165, 1.54) is 10.5 Å². The third kappa shape index (κ3) is 2.24. The third-order valence-electron chi connectivity index (χ3n) is 2.70. The molecule has 1 N–H and O–H groups in total. The van der Waals surface area contributed by atoms with Gasteiger partial charge in [0.2, 0.25) is 0 Å². The van der Waals surface area contributed by atoms with E-state index in [2.05, 4.69) is 55.6 Å². The van der Waals surface area contributed by atoms with Crippen molar-refractivity contribution in [2.24, 2.45) is 10.9 Å². The molecule has 0 spiro atoms. The fraction of sp³-hybridized carbons (Fsp3) is 0.462. The van der Waals surface area contributed by atoms with Gasteiger partial charge in [0.15, 0.2) is 0 Å². The maximum absolute atomic E-state index is 4.67. The van der Waals surface area contributed by atoms with Crippen LogP contribution in [0.2, 0.25) is 0 Å². The average molecular weight is 234 g/mol. The topological polar surface area (TPSA) is 24.4 Å². The van der Waals surface area contributed by atoms with Gasteiger partial charge in [-0.2, -0.15) is 0 Å². The van der Waals surface area contributed by atoms with Gasteiger partial charge in [0.25, 0.3) is 0 Å². The van der Waals surface area contributed by atoms with Gasteiger partial charge in [-0.25, -0.2) is 4.99 Å². The minimum absolute atomic E-state index is 0.448. The second-order valence-electron chi connectivity index (χ2n) is 4.74. The van der Waals surface area contributed by atoms with Crippen LogP contribution >= 0.6 is 11.9 Å².